The van der Waals surface area contributed by atoms with Crippen LogP contribution in [0.4, 0.5) is 0 Å². The van der Waals surface area contributed by atoms with Gasteiger partial charge in [-0.1, -0.05) is 33.1 Å². The topological polar surface area (TPSA) is 32.8 Å². The second-order valence-electron chi connectivity index (χ2n) is 6.72. The van der Waals surface area contributed by atoms with Gasteiger partial charge in [-0.2, -0.15) is 0 Å². The van der Waals surface area contributed by atoms with Gasteiger partial charge in [0.25, 0.3) is 0 Å². The third kappa shape index (κ3) is 3.95. The molecule has 0 radical (unpaired) electrons. The van der Waals surface area contributed by atoms with Crippen LogP contribution in [0.25, 0.3) is 0 Å². The summed E-state index contributed by atoms with van der Waals surface area (Å²) in [6.07, 6.45) is 6.18. The van der Waals surface area contributed by atoms with E-state index in [1.165, 1.54) is 32.1 Å². The zero-order valence-corrected chi connectivity index (χ0v) is 13.3. The highest BCUT2D eigenvalue weighted by atomic mass is 16.5. The van der Waals surface area contributed by atoms with Crippen molar-refractivity contribution in [3.8, 4) is 0 Å². The van der Waals surface area contributed by atoms with Crippen LogP contribution in [-0.4, -0.2) is 61.1 Å². The van der Waals surface area contributed by atoms with Crippen molar-refractivity contribution in [3.63, 3.8) is 0 Å². The number of likely N-dealkylation sites (N-methyl/N-ethyl adjacent to an activating group) is 1. The number of nitrogens with zero attached hydrogens (tertiary/aromatic N) is 2. The summed E-state index contributed by atoms with van der Waals surface area (Å²) >= 11 is 0. The fourth-order valence-electron chi connectivity index (χ4n) is 3.44. The van der Waals surface area contributed by atoms with Crippen LogP contribution in [0.3, 0.4) is 0 Å². The second-order valence-corrected chi connectivity index (χ2v) is 6.72. The standard InChI is InChI=1S/C16H30N2O2/c1-13(2)11-18-9-10-20-12-15(18)16(19)17(3)14-7-5-4-6-8-14/h13-15H,4-12H2,1-3H3/t15-/m1/s1. The summed E-state index contributed by atoms with van der Waals surface area (Å²) in [5.74, 6) is 0.848. The lowest BCUT2D eigenvalue weighted by Gasteiger charge is -2.40. The summed E-state index contributed by atoms with van der Waals surface area (Å²) < 4.78 is 5.56. The fourth-order valence-corrected chi connectivity index (χ4v) is 3.44. The normalized spacial score (nSPS) is 25.9. The summed E-state index contributed by atoms with van der Waals surface area (Å²) in [5, 5.41) is 0. The Labute approximate surface area is 123 Å². The predicted molar refractivity (Wildman–Crippen MR) is 80.7 cm³/mol. The first-order chi connectivity index (χ1) is 9.59. The van der Waals surface area contributed by atoms with Crippen molar-refractivity contribution in [2.75, 3.05) is 33.4 Å². The maximum atomic E-state index is 12.8. The molecular formula is C16H30N2O2. The molecule has 4 nitrogen and oxygen atoms in total. The molecule has 0 aromatic heterocycles. The SMILES string of the molecule is CC(C)CN1CCOC[C@@H]1C(=O)N(C)C1CCCCC1. The van der Waals surface area contributed by atoms with Gasteiger partial charge in [0.1, 0.15) is 6.04 Å². The Kier molecular flexibility index (Phi) is 5.85. The number of hydrogen-bond acceptors (Lipinski definition) is 3. The summed E-state index contributed by atoms with van der Waals surface area (Å²) in [5.41, 5.74) is 0. The van der Waals surface area contributed by atoms with Gasteiger partial charge in [0.05, 0.1) is 13.2 Å². The van der Waals surface area contributed by atoms with Crippen molar-refractivity contribution < 1.29 is 9.53 Å². The number of ether oxygens (including phenoxy) is 1. The van der Waals surface area contributed by atoms with Crippen molar-refractivity contribution in [3.05, 3.63) is 0 Å². The maximum absolute atomic E-state index is 12.8. The van der Waals surface area contributed by atoms with Gasteiger partial charge in [0.15, 0.2) is 0 Å². The van der Waals surface area contributed by atoms with Gasteiger partial charge in [0, 0.05) is 26.2 Å². The molecule has 1 aliphatic carbocycles. The Hall–Kier alpha value is -0.610. The summed E-state index contributed by atoms with van der Waals surface area (Å²) in [7, 11) is 1.99. The van der Waals surface area contributed by atoms with Crippen LogP contribution < -0.4 is 0 Å². The molecule has 2 rings (SSSR count). The highest BCUT2D eigenvalue weighted by Gasteiger charge is 2.34. The predicted octanol–water partition coefficient (Wildman–Crippen LogP) is 2.13. The number of rotatable bonds is 4. The van der Waals surface area contributed by atoms with Gasteiger partial charge in [0.2, 0.25) is 5.91 Å². The minimum atomic E-state index is -0.0712. The molecule has 2 fully saturated rings. The van der Waals surface area contributed by atoms with Gasteiger partial charge in [-0.15, -0.1) is 0 Å². The van der Waals surface area contributed by atoms with Crippen molar-refractivity contribution in [1.82, 2.24) is 9.80 Å². The Balaban J connectivity index is 1.97. The van der Waals surface area contributed by atoms with E-state index in [4.69, 9.17) is 4.74 Å². The molecule has 0 spiro atoms. The number of amides is 1. The van der Waals surface area contributed by atoms with Gasteiger partial charge in [-0.25, -0.2) is 0 Å². The number of morpholine rings is 1. The van der Waals surface area contributed by atoms with Gasteiger partial charge in [-0.05, 0) is 18.8 Å². The molecule has 1 heterocycles. The molecule has 2 aliphatic rings. The van der Waals surface area contributed by atoms with E-state index < -0.39 is 0 Å². The smallest absolute Gasteiger partial charge is 0.242 e. The minimum Gasteiger partial charge on any atom is -0.378 e. The highest BCUT2D eigenvalue weighted by Crippen LogP contribution is 2.23. The van der Waals surface area contributed by atoms with Crippen LogP contribution in [0.1, 0.15) is 46.0 Å². The van der Waals surface area contributed by atoms with Gasteiger partial charge >= 0.3 is 0 Å². The first kappa shape index (κ1) is 15.8. The second kappa shape index (κ2) is 7.41. The molecule has 1 amide bonds. The first-order valence-electron chi connectivity index (χ1n) is 8.18. The monoisotopic (exact) mass is 282 g/mol. The van der Waals surface area contributed by atoms with Crippen LogP contribution in [0, 0.1) is 5.92 Å². The summed E-state index contributed by atoms with van der Waals surface area (Å²) in [6, 6.07) is 0.372. The Morgan fingerprint density at radius 3 is 2.65 bits per heavy atom. The molecule has 4 heteroatoms. The molecule has 1 aliphatic heterocycles. The molecular weight excluding hydrogens is 252 g/mol. The third-order valence-electron chi connectivity index (χ3n) is 4.59. The highest BCUT2D eigenvalue weighted by molar-refractivity contribution is 5.82. The number of carbonyl (C=O) groups is 1. The summed E-state index contributed by atoms with van der Waals surface area (Å²) in [6.45, 7) is 7.60. The molecule has 0 aromatic rings. The molecule has 1 saturated heterocycles. The first-order valence-corrected chi connectivity index (χ1v) is 8.18. The van der Waals surface area contributed by atoms with Crippen LogP contribution in [0.2, 0.25) is 0 Å². The average molecular weight is 282 g/mol. The van der Waals surface area contributed by atoms with Crippen LogP contribution >= 0.6 is 0 Å². The van der Waals surface area contributed by atoms with Gasteiger partial charge < -0.3 is 9.64 Å². The maximum Gasteiger partial charge on any atom is 0.242 e. The lowest BCUT2D eigenvalue weighted by molar-refractivity contribution is -0.145. The van der Waals surface area contributed by atoms with Crippen LogP contribution in [-0.2, 0) is 9.53 Å². The Morgan fingerprint density at radius 2 is 2.00 bits per heavy atom. The molecule has 0 aromatic carbocycles. The zero-order valence-electron chi connectivity index (χ0n) is 13.3. The third-order valence-corrected chi connectivity index (χ3v) is 4.59. The van der Waals surface area contributed by atoms with Gasteiger partial charge in [-0.3, -0.25) is 9.69 Å². The van der Waals surface area contributed by atoms with E-state index in [2.05, 4.69) is 18.7 Å². The van der Waals surface area contributed by atoms with Crippen molar-refractivity contribution in [1.29, 1.82) is 0 Å². The number of hydrogen-bond donors (Lipinski definition) is 0. The average Bonchev–Trinajstić information content (AvgIpc) is 2.46. The lowest BCUT2D eigenvalue weighted by Crippen LogP contribution is -2.56. The van der Waals surface area contributed by atoms with E-state index in [0.29, 0.717) is 18.6 Å². The molecule has 1 saturated carbocycles. The van der Waals surface area contributed by atoms with E-state index in [1.807, 2.05) is 11.9 Å². The Morgan fingerprint density at radius 1 is 1.30 bits per heavy atom. The van der Waals surface area contributed by atoms with E-state index in [0.717, 1.165) is 19.7 Å². The fraction of sp³-hybridized carbons (Fsp3) is 0.938. The quantitative estimate of drug-likeness (QED) is 0.792. The molecule has 20 heavy (non-hydrogen) atoms. The van der Waals surface area contributed by atoms with E-state index in [1.54, 1.807) is 0 Å². The molecule has 0 bridgehead atoms. The van der Waals surface area contributed by atoms with Crippen molar-refractivity contribution in [2.24, 2.45) is 5.92 Å². The van der Waals surface area contributed by atoms with E-state index in [-0.39, 0.29) is 11.9 Å². The molecule has 116 valence electrons. The Bertz CT molecular complexity index is 314. The van der Waals surface area contributed by atoms with E-state index >= 15 is 0 Å². The minimum absolute atomic E-state index is 0.0712. The van der Waals surface area contributed by atoms with Crippen LogP contribution in [0.15, 0.2) is 0 Å². The number of carbonyl (C=O) groups excluding carboxylic acids is 1. The molecule has 0 N–H and O–H groups in total. The van der Waals surface area contributed by atoms with Crippen molar-refractivity contribution in [2.45, 2.75) is 58.0 Å². The van der Waals surface area contributed by atoms with E-state index in [9.17, 15) is 4.79 Å². The largest absolute Gasteiger partial charge is 0.378 e. The molecule has 0 unspecified atom stereocenters. The zero-order chi connectivity index (χ0) is 14.5. The lowest BCUT2D eigenvalue weighted by atomic mass is 9.94. The van der Waals surface area contributed by atoms with Crippen molar-refractivity contribution >= 4 is 5.91 Å². The molecule has 1 atom stereocenters. The van der Waals surface area contributed by atoms with Crippen LogP contribution in [0.5, 0.6) is 0 Å². The summed E-state index contributed by atoms with van der Waals surface area (Å²) in [4.78, 5) is 17.1.